The zero-order chi connectivity index (χ0) is 12.0. The minimum Gasteiger partial charge on any atom is -0.399 e. The minimum absolute atomic E-state index is 0.774. The minimum atomic E-state index is 0.774. The van der Waals surface area contributed by atoms with Crippen LogP contribution >= 0.6 is 11.3 Å². The molecule has 0 unspecified atom stereocenters. The van der Waals surface area contributed by atoms with Crippen LogP contribution in [-0.2, 0) is 7.05 Å². The number of nitrogen functional groups attached to an aromatic ring is 1. The molecule has 0 saturated heterocycles. The second kappa shape index (κ2) is 3.56. The van der Waals surface area contributed by atoms with Gasteiger partial charge in [0.1, 0.15) is 5.01 Å². The predicted octanol–water partition coefficient (Wildman–Crippen LogP) is 2.59. The van der Waals surface area contributed by atoms with E-state index in [1.54, 1.807) is 11.3 Å². The van der Waals surface area contributed by atoms with Gasteiger partial charge in [0.15, 0.2) is 0 Å². The highest BCUT2D eigenvalue weighted by molar-refractivity contribution is 7.21. The lowest BCUT2D eigenvalue weighted by atomic mass is 10.3. The van der Waals surface area contributed by atoms with Gasteiger partial charge in [-0.1, -0.05) is 0 Å². The van der Waals surface area contributed by atoms with Gasteiger partial charge in [-0.15, -0.1) is 11.3 Å². The van der Waals surface area contributed by atoms with Crippen molar-refractivity contribution in [1.29, 1.82) is 0 Å². The quantitative estimate of drug-likeness (QED) is 0.669. The Morgan fingerprint density at radius 3 is 2.88 bits per heavy atom. The van der Waals surface area contributed by atoms with Gasteiger partial charge in [-0.25, -0.2) is 4.98 Å². The van der Waals surface area contributed by atoms with E-state index in [-0.39, 0.29) is 0 Å². The molecule has 3 rings (SSSR count). The second-order valence-corrected chi connectivity index (χ2v) is 5.08. The first-order chi connectivity index (χ1) is 8.13. The highest BCUT2D eigenvalue weighted by Gasteiger charge is 2.11. The number of benzene rings is 1. The Kier molecular flexibility index (Phi) is 2.16. The summed E-state index contributed by atoms with van der Waals surface area (Å²) in [6.07, 6.45) is 2.00. The summed E-state index contributed by atoms with van der Waals surface area (Å²) in [6.45, 7) is 2.00. The molecule has 2 aromatic heterocycles. The molecule has 0 spiro atoms. The summed E-state index contributed by atoms with van der Waals surface area (Å²) in [5, 5.41) is 5.33. The average molecular weight is 244 g/mol. The Hall–Kier alpha value is -1.88. The zero-order valence-electron chi connectivity index (χ0n) is 9.64. The monoisotopic (exact) mass is 244 g/mol. The van der Waals surface area contributed by atoms with E-state index < -0.39 is 0 Å². The van der Waals surface area contributed by atoms with Crippen molar-refractivity contribution in [3.63, 3.8) is 0 Å². The van der Waals surface area contributed by atoms with E-state index >= 15 is 0 Å². The van der Waals surface area contributed by atoms with Crippen molar-refractivity contribution < 1.29 is 0 Å². The lowest BCUT2D eigenvalue weighted by Gasteiger charge is -1.89. The maximum atomic E-state index is 5.77. The molecule has 0 bridgehead atoms. The van der Waals surface area contributed by atoms with E-state index in [0.717, 1.165) is 32.2 Å². The van der Waals surface area contributed by atoms with Crippen LogP contribution in [-0.4, -0.2) is 14.8 Å². The van der Waals surface area contributed by atoms with Crippen molar-refractivity contribution in [2.75, 3.05) is 5.73 Å². The molecule has 0 fully saturated rings. The van der Waals surface area contributed by atoms with Gasteiger partial charge < -0.3 is 5.73 Å². The van der Waals surface area contributed by atoms with Gasteiger partial charge in [0.2, 0.25) is 0 Å². The van der Waals surface area contributed by atoms with E-state index in [1.807, 2.05) is 43.0 Å². The first-order valence-corrected chi connectivity index (χ1v) is 6.12. The number of aryl methyl sites for hydroxylation is 2. The normalized spacial score (nSPS) is 11.2. The van der Waals surface area contributed by atoms with Crippen LogP contribution in [0.5, 0.6) is 0 Å². The van der Waals surface area contributed by atoms with Crippen molar-refractivity contribution in [2.45, 2.75) is 6.92 Å². The molecule has 0 radical (unpaired) electrons. The molecule has 4 nitrogen and oxygen atoms in total. The SMILES string of the molecule is Cc1nn(C)cc1-c1nc2ccc(N)cc2s1. The number of aromatic nitrogens is 3. The van der Waals surface area contributed by atoms with Crippen molar-refractivity contribution >= 4 is 27.2 Å². The fourth-order valence-corrected chi connectivity index (χ4v) is 2.94. The number of hydrogen-bond acceptors (Lipinski definition) is 4. The molecule has 5 heteroatoms. The average Bonchev–Trinajstić information content (AvgIpc) is 2.80. The van der Waals surface area contributed by atoms with Crippen LogP contribution in [0.25, 0.3) is 20.8 Å². The van der Waals surface area contributed by atoms with E-state index in [4.69, 9.17) is 5.73 Å². The van der Waals surface area contributed by atoms with Crippen LogP contribution in [0.3, 0.4) is 0 Å². The molecule has 0 saturated carbocycles. The molecule has 0 aliphatic heterocycles. The summed E-state index contributed by atoms with van der Waals surface area (Å²) in [7, 11) is 1.92. The Bertz CT molecular complexity index is 696. The first-order valence-electron chi connectivity index (χ1n) is 5.30. The number of hydrogen-bond donors (Lipinski definition) is 1. The van der Waals surface area contributed by atoms with E-state index in [2.05, 4.69) is 10.1 Å². The molecule has 1 aromatic carbocycles. The van der Waals surface area contributed by atoms with Crippen LogP contribution in [0.1, 0.15) is 5.69 Å². The van der Waals surface area contributed by atoms with Crippen LogP contribution in [0, 0.1) is 6.92 Å². The molecule has 0 aliphatic carbocycles. The van der Waals surface area contributed by atoms with Gasteiger partial charge in [-0.2, -0.15) is 5.10 Å². The Morgan fingerprint density at radius 1 is 1.35 bits per heavy atom. The zero-order valence-corrected chi connectivity index (χ0v) is 10.5. The van der Waals surface area contributed by atoms with Crippen LogP contribution < -0.4 is 5.73 Å². The molecule has 2 heterocycles. The summed E-state index contributed by atoms with van der Waals surface area (Å²) in [6, 6.07) is 5.79. The summed E-state index contributed by atoms with van der Waals surface area (Å²) in [5.41, 5.74) is 9.62. The van der Waals surface area contributed by atoms with Gasteiger partial charge in [0.25, 0.3) is 0 Å². The number of rotatable bonds is 1. The fourth-order valence-electron chi connectivity index (χ4n) is 1.87. The van der Waals surface area contributed by atoms with Crippen molar-refractivity contribution in [3.8, 4) is 10.6 Å². The van der Waals surface area contributed by atoms with Crippen molar-refractivity contribution in [1.82, 2.24) is 14.8 Å². The number of anilines is 1. The molecule has 2 N–H and O–H groups in total. The lowest BCUT2D eigenvalue weighted by Crippen LogP contribution is -1.86. The van der Waals surface area contributed by atoms with Crippen LogP contribution in [0.2, 0.25) is 0 Å². The number of nitrogens with zero attached hydrogens (tertiary/aromatic N) is 3. The number of thiazole rings is 1. The van der Waals surface area contributed by atoms with E-state index in [9.17, 15) is 0 Å². The molecular formula is C12H12N4S. The molecule has 0 atom stereocenters. The Balaban J connectivity index is 2.21. The standard InChI is InChI=1S/C12H12N4S/c1-7-9(6-16(2)15-7)12-14-10-4-3-8(13)5-11(10)17-12/h3-6H,13H2,1-2H3. The summed E-state index contributed by atoms with van der Waals surface area (Å²) < 4.78 is 2.92. The maximum Gasteiger partial charge on any atom is 0.128 e. The van der Waals surface area contributed by atoms with Crippen LogP contribution in [0.15, 0.2) is 24.4 Å². The summed E-state index contributed by atoms with van der Waals surface area (Å²) in [4.78, 5) is 4.61. The molecular weight excluding hydrogens is 232 g/mol. The topological polar surface area (TPSA) is 56.7 Å². The van der Waals surface area contributed by atoms with Gasteiger partial charge >= 0.3 is 0 Å². The molecule has 86 valence electrons. The largest absolute Gasteiger partial charge is 0.399 e. The van der Waals surface area contributed by atoms with Gasteiger partial charge in [0, 0.05) is 18.9 Å². The maximum absolute atomic E-state index is 5.77. The summed E-state index contributed by atoms with van der Waals surface area (Å²) >= 11 is 1.65. The highest BCUT2D eigenvalue weighted by atomic mass is 32.1. The first kappa shape index (κ1) is 10.3. The predicted molar refractivity (Wildman–Crippen MR) is 71.0 cm³/mol. The van der Waals surface area contributed by atoms with E-state index in [1.165, 1.54) is 0 Å². The van der Waals surface area contributed by atoms with Crippen molar-refractivity contribution in [3.05, 3.63) is 30.1 Å². The Morgan fingerprint density at radius 2 is 2.18 bits per heavy atom. The molecule has 0 amide bonds. The molecule has 3 aromatic rings. The fraction of sp³-hybridized carbons (Fsp3) is 0.167. The lowest BCUT2D eigenvalue weighted by molar-refractivity contribution is 0.756. The smallest absolute Gasteiger partial charge is 0.128 e. The Labute approximate surface area is 103 Å². The number of fused-ring (bicyclic) bond motifs is 1. The third-order valence-electron chi connectivity index (χ3n) is 2.66. The highest BCUT2D eigenvalue weighted by Crippen LogP contribution is 2.32. The third kappa shape index (κ3) is 1.68. The number of nitrogens with two attached hydrogens (primary N) is 1. The van der Waals surface area contributed by atoms with Gasteiger partial charge in [-0.05, 0) is 25.1 Å². The molecule has 0 aliphatic rings. The second-order valence-electron chi connectivity index (χ2n) is 4.05. The molecule has 17 heavy (non-hydrogen) atoms. The van der Waals surface area contributed by atoms with Crippen molar-refractivity contribution in [2.24, 2.45) is 7.05 Å². The summed E-state index contributed by atoms with van der Waals surface area (Å²) in [5.74, 6) is 0. The van der Waals surface area contributed by atoms with E-state index in [0.29, 0.717) is 0 Å². The van der Waals surface area contributed by atoms with Gasteiger partial charge in [0.05, 0.1) is 21.5 Å². The van der Waals surface area contributed by atoms with Crippen LogP contribution in [0.4, 0.5) is 5.69 Å². The third-order valence-corrected chi connectivity index (χ3v) is 3.71. The van der Waals surface area contributed by atoms with Gasteiger partial charge in [-0.3, -0.25) is 4.68 Å².